The summed E-state index contributed by atoms with van der Waals surface area (Å²) in [6.07, 6.45) is 1.81. The van der Waals surface area contributed by atoms with Crippen molar-refractivity contribution in [2.24, 2.45) is 0 Å². The third kappa shape index (κ3) is 4.70. The topological polar surface area (TPSA) is 79.7 Å². The van der Waals surface area contributed by atoms with E-state index in [-0.39, 0.29) is 16.3 Å². The molecule has 6 nitrogen and oxygen atoms in total. The summed E-state index contributed by atoms with van der Waals surface area (Å²) >= 11 is 1.06. The van der Waals surface area contributed by atoms with Crippen LogP contribution in [0.2, 0.25) is 0 Å². The average Bonchev–Trinajstić information content (AvgIpc) is 3.42. The molecule has 1 saturated heterocycles. The van der Waals surface area contributed by atoms with Crippen LogP contribution in [0.25, 0.3) is 16.0 Å². The number of benzene rings is 3. The molecule has 1 atom stereocenters. The Morgan fingerprint density at radius 3 is 2.57 bits per heavy atom. The van der Waals surface area contributed by atoms with Gasteiger partial charge in [0.25, 0.3) is 5.78 Å². The average molecular weight is 521 g/mol. The number of unbranched alkanes of at least 4 members (excludes halogenated alkanes) is 1. The van der Waals surface area contributed by atoms with Gasteiger partial charge in [0, 0.05) is 5.56 Å². The summed E-state index contributed by atoms with van der Waals surface area (Å²) in [7, 11) is 0. The molecule has 0 bridgehead atoms. The predicted octanol–water partition coefficient (Wildman–Crippen LogP) is 6.38. The number of amides is 1. The van der Waals surface area contributed by atoms with Crippen LogP contribution in [0, 0.1) is 11.6 Å². The van der Waals surface area contributed by atoms with E-state index in [2.05, 4.69) is 4.98 Å². The van der Waals surface area contributed by atoms with E-state index in [1.165, 1.54) is 35.2 Å². The second-order valence-electron chi connectivity index (χ2n) is 8.56. The lowest BCUT2D eigenvalue weighted by Crippen LogP contribution is -2.29. The number of rotatable bonds is 7. The first kappa shape index (κ1) is 24.6. The van der Waals surface area contributed by atoms with Crippen molar-refractivity contribution in [3.05, 3.63) is 95.1 Å². The zero-order valence-corrected chi connectivity index (χ0v) is 20.6. The molecule has 188 valence electrons. The third-order valence-corrected chi connectivity index (χ3v) is 7.07. The minimum Gasteiger partial charge on any atom is -0.507 e. The van der Waals surface area contributed by atoms with Crippen molar-refractivity contribution < 1.29 is 28.2 Å². The molecule has 5 rings (SSSR count). The number of aromatic nitrogens is 1. The molecule has 2 heterocycles. The molecule has 0 radical (unpaired) electrons. The fourth-order valence-electron chi connectivity index (χ4n) is 4.21. The molecule has 1 aromatic heterocycles. The molecule has 37 heavy (non-hydrogen) atoms. The van der Waals surface area contributed by atoms with Gasteiger partial charge in [-0.25, -0.2) is 13.8 Å². The molecular formula is C28H22F2N2O4S. The predicted molar refractivity (Wildman–Crippen MR) is 138 cm³/mol. The van der Waals surface area contributed by atoms with Crippen LogP contribution in [0.4, 0.5) is 13.9 Å². The molecule has 1 amide bonds. The van der Waals surface area contributed by atoms with Gasteiger partial charge >= 0.3 is 5.91 Å². The molecular weight excluding hydrogens is 498 g/mol. The lowest BCUT2D eigenvalue weighted by molar-refractivity contribution is -0.132. The number of carbonyl (C=O) groups excluding carboxylic acids is 2. The van der Waals surface area contributed by atoms with Gasteiger partial charge in [0.15, 0.2) is 5.13 Å². The number of hydrogen-bond acceptors (Lipinski definition) is 6. The highest BCUT2D eigenvalue weighted by Crippen LogP contribution is 2.44. The molecule has 1 aliphatic heterocycles. The zero-order valence-electron chi connectivity index (χ0n) is 19.8. The Morgan fingerprint density at radius 1 is 1.05 bits per heavy atom. The van der Waals surface area contributed by atoms with Crippen molar-refractivity contribution in [1.82, 2.24) is 4.98 Å². The Bertz CT molecular complexity index is 1530. The van der Waals surface area contributed by atoms with E-state index in [1.807, 2.05) is 6.92 Å². The van der Waals surface area contributed by atoms with Crippen LogP contribution < -0.4 is 9.64 Å². The largest absolute Gasteiger partial charge is 0.507 e. The first-order chi connectivity index (χ1) is 17.9. The van der Waals surface area contributed by atoms with Crippen LogP contribution in [0.5, 0.6) is 5.75 Å². The van der Waals surface area contributed by atoms with E-state index >= 15 is 0 Å². The highest BCUT2D eigenvalue weighted by molar-refractivity contribution is 7.22. The maximum absolute atomic E-state index is 13.8. The highest BCUT2D eigenvalue weighted by Gasteiger charge is 2.48. The molecule has 9 heteroatoms. The van der Waals surface area contributed by atoms with Gasteiger partial charge in [0.2, 0.25) is 0 Å². The monoisotopic (exact) mass is 520 g/mol. The number of ether oxygens (including phenoxy) is 1. The maximum Gasteiger partial charge on any atom is 0.301 e. The SMILES string of the molecule is CCCCOc1cccc(C2C(=C(O)c3ccc(F)cc3)C(=O)C(=O)N2c2nc3ccc(F)cc3s2)c1. The van der Waals surface area contributed by atoms with Crippen LogP contribution in [0.1, 0.15) is 36.9 Å². The Balaban J connectivity index is 1.67. The zero-order chi connectivity index (χ0) is 26.1. The van der Waals surface area contributed by atoms with E-state index in [9.17, 15) is 23.5 Å². The van der Waals surface area contributed by atoms with E-state index in [1.54, 1.807) is 24.3 Å². The van der Waals surface area contributed by atoms with Crippen molar-refractivity contribution in [3.63, 3.8) is 0 Å². The van der Waals surface area contributed by atoms with E-state index in [0.29, 0.717) is 28.1 Å². The lowest BCUT2D eigenvalue weighted by Gasteiger charge is -2.23. The summed E-state index contributed by atoms with van der Waals surface area (Å²) in [5.74, 6) is -2.64. The molecule has 0 saturated carbocycles. The molecule has 0 spiro atoms. The van der Waals surface area contributed by atoms with Crippen LogP contribution >= 0.6 is 11.3 Å². The lowest BCUT2D eigenvalue weighted by atomic mass is 9.95. The molecule has 1 N–H and O–H groups in total. The van der Waals surface area contributed by atoms with Gasteiger partial charge in [-0.2, -0.15) is 0 Å². The second-order valence-corrected chi connectivity index (χ2v) is 9.57. The Labute approximate surface area is 215 Å². The summed E-state index contributed by atoms with van der Waals surface area (Å²) in [4.78, 5) is 32.4. The summed E-state index contributed by atoms with van der Waals surface area (Å²) < 4.78 is 33.7. The van der Waals surface area contributed by atoms with Crippen molar-refractivity contribution >= 4 is 44.1 Å². The van der Waals surface area contributed by atoms with E-state index in [4.69, 9.17) is 4.74 Å². The molecule has 1 aliphatic rings. The van der Waals surface area contributed by atoms with Crippen LogP contribution in [-0.2, 0) is 9.59 Å². The number of fused-ring (bicyclic) bond motifs is 1. The normalized spacial score (nSPS) is 17.1. The van der Waals surface area contributed by atoms with Crippen molar-refractivity contribution in [2.75, 3.05) is 11.5 Å². The molecule has 0 aliphatic carbocycles. The number of halogens is 2. The number of carbonyl (C=O) groups is 2. The number of aliphatic hydroxyl groups is 1. The minimum atomic E-state index is -1.04. The first-order valence-electron chi connectivity index (χ1n) is 11.7. The van der Waals surface area contributed by atoms with E-state index in [0.717, 1.165) is 36.3 Å². The highest BCUT2D eigenvalue weighted by atomic mass is 32.1. The Kier molecular flexibility index (Phi) is 6.71. The van der Waals surface area contributed by atoms with Crippen LogP contribution in [0.15, 0.2) is 72.3 Å². The first-order valence-corrected chi connectivity index (χ1v) is 12.5. The van der Waals surface area contributed by atoms with Gasteiger partial charge in [-0.15, -0.1) is 0 Å². The van der Waals surface area contributed by atoms with E-state index < -0.39 is 35.1 Å². The van der Waals surface area contributed by atoms with Gasteiger partial charge < -0.3 is 9.84 Å². The Morgan fingerprint density at radius 2 is 1.81 bits per heavy atom. The fourth-order valence-corrected chi connectivity index (χ4v) is 5.22. The molecule has 4 aromatic rings. The van der Waals surface area contributed by atoms with Gasteiger partial charge in [-0.05, 0) is 66.6 Å². The number of anilines is 1. The summed E-state index contributed by atoms with van der Waals surface area (Å²) in [5, 5.41) is 11.4. The number of thiazole rings is 1. The van der Waals surface area contributed by atoms with Gasteiger partial charge in [0.05, 0.1) is 28.4 Å². The van der Waals surface area contributed by atoms with Gasteiger partial charge in [-0.1, -0.05) is 36.8 Å². The summed E-state index contributed by atoms with van der Waals surface area (Å²) in [6.45, 7) is 2.55. The van der Waals surface area contributed by atoms with Gasteiger partial charge in [-0.3, -0.25) is 14.5 Å². The standard InChI is InChI=1S/C28H22F2N2O4S/c1-2-3-13-36-20-6-4-5-17(14-20)24-23(25(33)16-7-9-18(29)10-8-16)26(34)27(35)32(24)28-31-21-12-11-19(30)15-22(21)37-28/h4-12,14-15,24,33H,2-3,13H2,1H3. The van der Waals surface area contributed by atoms with Crippen molar-refractivity contribution in [1.29, 1.82) is 0 Å². The smallest absolute Gasteiger partial charge is 0.301 e. The minimum absolute atomic E-state index is 0.159. The number of Topliss-reactive ketones (excluding diaryl/α,β-unsaturated/α-hetero) is 1. The molecule has 1 fully saturated rings. The second kappa shape index (κ2) is 10.1. The van der Waals surface area contributed by atoms with Crippen molar-refractivity contribution in [3.8, 4) is 5.75 Å². The quantitative estimate of drug-likeness (QED) is 0.132. The summed E-state index contributed by atoms with van der Waals surface area (Å²) in [6, 6.07) is 15.0. The van der Waals surface area contributed by atoms with Gasteiger partial charge in [0.1, 0.15) is 23.1 Å². The van der Waals surface area contributed by atoms with Crippen LogP contribution in [0.3, 0.4) is 0 Å². The van der Waals surface area contributed by atoms with Crippen molar-refractivity contribution in [2.45, 2.75) is 25.8 Å². The summed E-state index contributed by atoms with van der Waals surface area (Å²) in [5.41, 5.74) is 1.01. The van der Waals surface area contributed by atoms with Crippen LogP contribution in [-0.4, -0.2) is 28.4 Å². The fraction of sp³-hybridized carbons (Fsp3) is 0.179. The maximum atomic E-state index is 13.8. The number of hydrogen-bond donors (Lipinski definition) is 1. The molecule has 1 unspecified atom stereocenters. The Hall–Kier alpha value is -4.11. The number of nitrogens with zero attached hydrogens (tertiary/aromatic N) is 2. The number of ketones is 1. The molecule has 3 aromatic carbocycles. The third-order valence-electron chi connectivity index (χ3n) is 6.05. The number of aliphatic hydroxyl groups excluding tert-OH is 1.